The first-order valence-corrected chi connectivity index (χ1v) is 5.20. The van der Waals surface area contributed by atoms with Gasteiger partial charge in [0, 0.05) is 20.1 Å². The molecular formula is C10H20N2O4. The van der Waals surface area contributed by atoms with Gasteiger partial charge in [-0.3, -0.25) is 4.79 Å². The highest BCUT2D eigenvalue weighted by Gasteiger charge is 2.10. The minimum Gasteiger partial charge on any atom is -0.481 e. The van der Waals surface area contributed by atoms with Crippen LogP contribution < -0.4 is 10.6 Å². The number of carboxylic acids is 1. The van der Waals surface area contributed by atoms with E-state index in [-0.39, 0.29) is 24.4 Å². The topological polar surface area (TPSA) is 87.7 Å². The number of rotatable bonds is 7. The maximum atomic E-state index is 11.3. The smallest absolute Gasteiger partial charge is 0.315 e. The van der Waals surface area contributed by atoms with Gasteiger partial charge in [-0.1, -0.05) is 6.92 Å². The van der Waals surface area contributed by atoms with Gasteiger partial charge < -0.3 is 20.5 Å². The normalized spacial score (nSPS) is 13.9. The molecule has 0 fully saturated rings. The summed E-state index contributed by atoms with van der Waals surface area (Å²) in [6, 6.07) is -0.374. The van der Waals surface area contributed by atoms with E-state index in [1.54, 1.807) is 14.0 Å². The fraction of sp³-hybridized carbons (Fsp3) is 0.800. The fourth-order valence-corrected chi connectivity index (χ4v) is 1.20. The number of nitrogens with one attached hydrogen (secondary N) is 2. The Balaban J connectivity index is 3.68. The number of methoxy groups -OCH3 is 1. The minimum absolute atomic E-state index is 0.0495. The third-order valence-electron chi connectivity index (χ3n) is 1.93. The van der Waals surface area contributed by atoms with E-state index < -0.39 is 5.97 Å². The van der Waals surface area contributed by atoms with Gasteiger partial charge >= 0.3 is 12.0 Å². The van der Waals surface area contributed by atoms with Crippen molar-refractivity contribution >= 4 is 12.0 Å². The number of hydrogen-bond acceptors (Lipinski definition) is 3. The number of urea groups is 1. The monoisotopic (exact) mass is 232 g/mol. The van der Waals surface area contributed by atoms with E-state index in [0.29, 0.717) is 13.2 Å². The summed E-state index contributed by atoms with van der Waals surface area (Å²) < 4.78 is 4.86. The number of amides is 2. The largest absolute Gasteiger partial charge is 0.481 e. The number of carbonyl (C=O) groups excluding carboxylic acids is 1. The van der Waals surface area contributed by atoms with Crippen molar-refractivity contribution in [3.8, 4) is 0 Å². The number of carboxylic acid groups (broad SMARTS) is 1. The Bertz CT molecular complexity index is 233. The average molecular weight is 232 g/mol. The first-order chi connectivity index (χ1) is 7.45. The molecule has 16 heavy (non-hydrogen) atoms. The highest BCUT2D eigenvalue weighted by molar-refractivity contribution is 5.74. The lowest BCUT2D eigenvalue weighted by Gasteiger charge is -2.15. The zero-order valence-electron chi connectivity index (χ0n) is 9.95. The SMILES string of the molecule is COCC(C)NC(=O)NCC(C)CC(=O)O. The molecule has 0 aliphatic carbocycles. The number of carbonyl (C=O) groups is 2. The van der Waals surface area contributed by atoms with Crippen molar-refractivity contribution in [3.63, 3.8) is 0 Å². The maximum absolute atomic E-state index is 11.3. The van der Waals surface area contributed by atoms with Gasteiger partial charge in [-0.05, 0) is 12.8 Å². The van der Waals surface area contributed by atoms with Crippen molar-refractivity contribution in [1.29, 1.82) is 0 Å². The molecule has 2 atom stereocenters. The molecule has 0 heterocycles. The lowest BCUT2D eigenvalue weighted by Crippen LogP contribution is -2.44. The Morgan fingerprint density at radius 1 is 1.38 bits per heavy atom. The van der Waals surface area contributed by atoms with Crippen molar-refractivity contribution in [1.82, 2.24) is 10.6 Å². The maximum Gasteiger partial charge on any atom is 0.315 e. The second-order valence-corrected chi connectivity index (χ2v) is 3.91. The number of ether oxygens (including phenoxy) is 1. The molecule has 6 nitrogen and oxygen atoms in total. The van der Waals surface area contributed by atoms with E-state index in [1.807, 2.05) is 6.92 Å². The van der Waals surface area contributed by atoms with Crippen molar-refractivity contribution in [2.24, 2.45) is 5.92 Å². The molecule has 0 aliphatic rings. The molecule has 6 heteroatoms. The summed E-state index contributed by atoms with van der Waals surface area (Å²) in [7, 11) is 1.56. The van der Waals surface area contributed by atoms with Gasteiger partial charge in [0.15, 0.2) is 0 Å². The molecule has 94 valence electrons. The van der Waals surface area contributed by atoms with Gasteiger partial charge in [0.1, 0.15) is 0 Å². The number of aliphatic carboxylic acids is 1. The van der Waals surface area contributed by atoms with Crippen molar-refractivity contribution in [3.05, 3.63) is 0 Å². The van der Waals surface area contributed by atoms with Crippen LogP contribution in [0.1, 0.15) is 20.3 Å². The van der Waals surface area contributed by atoms with Crippen LogP contribution in [0, 0.1) is 5.92 Å². The minimum atomic E-state index is -0.859. The fourth-order valence-electron chi connectivity index (χ4n) is 1.20. The first kappa shape index (κ1) is 14.7. The van der Waals surface area contributed by atoms with E-state index in [4.69, 9.17) is 9.84 Å². The summed E-state index contributed by atoms with van der Waals surface area (Å²) in [6.07, 6.45) is 0.0495. The van der Waals surface area contributed by atoms with Gasteiger partial charge in [0.05, 0.1) is 12.6 Å². The van der Waals surface area contributed by atoms with Crippen LogP contribution in [0.4, 0.5) is 4.79 Å². The predicted molar refractivity (Wildman–Crippen MR) is 59.3 cm³/mol. The molecule has 2 amide bonds. The summed E-state index contributed by atoms with van der Waals surface area (Å²) in [6.45, 7) is 4.38. The molecule has 0 bridgehead atoms. The van der Waals surface area contributed by atoms with Crippen LogP contribution in [0.25, 0.3) is 0 Å². The van der Waals surface area contributed by atoms with Gasteiger partial charge in [0.2, 0.25) is 0 Å². The molecule has 3 N–H and O–H groups in total. The van der Waals surface area contributed by atoms with Crippen LogP contribution in [0.5, 0.6) is 0 Å². The molecule has 0 aliphatic heterocycles. The first-order valence-electron chi connectivity index (χ1n) is 5.20. The van der Waals surface area contributed by atoms with Gasteiger partial charge in [-0.25, -0.2) is 4.79 Å². The summed E-state index contributed by atoms with van der Waals surface area (Å²) in [5, 5.41) is 13.8. The molecular weight excluding hydrogens is 212 g/mol. The molecule has 0 aromatic carbocycles. The van der Waals surface area contributed by atoms with E-state index in [0.717, 1.165) is 0 Å². The van der Waals surface area contributed by atoms with Crippen LogP contribution >= 0.6 is 0 Å². The molecule has 0 saturated carbocycles. The lowest BCUT2D eigenvalue weighted by molar-refractivity contribution is -0.137. The Morgan fingerprint density at radius 2 is 2.00 bits per heavy atom. The molecule has 0 spiro atoms. The van der Waals surface area contributed by atoms with Gasteiger partial charge in [0.25, 0.3) is 0 Å². The second-order valence-electron chi connectivity index (χ2n) is 3.91. The second kappa shape index (κ2) is 7.92. The van der Waals surface area contributed by atoms with E-state index in [2.05, 4.69) is 10.6 Å². The Kier molecular flexibility index (Phi) is 7.28. The average Bonchev–Trinajstić information content (AvgIpc) is 2.14. The Morgan fingerprint density at radius 3 is 2.50 bits per heavy atom. The number of hydrogen-bond donors (Lipinski definition) is 3. The molecule has 2 unspecified atom stereocenters. The molecule has 0 aromatic heterocycles. The molecule has 0 aromatic rings. The van der Waals surface area contributed by atoms with Gasteiger partial charge in [-0.2, -0.15) is 0 Å². The summed E-state index contributed by atoms with van der Waals surface area (Å²) in [5.74, 6) is -0.941. The zero-order valence-corrected chi connectivity index (χ0v) is 9.95. The van der Waals surface area contributed by atoms with E-state index in [1.165, 1.54) is 0 Å². The van der Waals surface area contributed by atoms with Crippen molar-refractivity contribution in [2.75, 3.05) is 20.3 Å². The third kappa shape index (κ3) is 8.05. The Hall–Kier alpha value is -1.30. The standard InChI is InChI=1S/C10H20N2O4/c1-7(4-9(13)14)5-11-10(15)12-8(2)6-16-3/h7-8H,4-6H2,1-3H3,(H,13,14)(H2,11,12,15). The zero-order chi connectivity index (χ0) is 12.6. The summed E-state index contributed by atoms with van der Waals surface area (Å²) in [5.41, 5.74) is 0. The van der Waals surface area contributed by atoms with Crippen molar-refractivity contribution in [2.45, 2.75) is 26.3 Å². The third-order valence-corrected chi connectivity index (χ3v) is 1.93. The molecule has 0 saturated heterocycles. The molecule has 0 radical (unpaired) electrons. The van der Waals surface area contributed by atoms with Crippen LogP contribution in [0.2, 0.25) is 0 Å². The Labute approximate surface area is 95.4 Å². The molecule has 0 rings (SSSR count). The van der Waals surface area contributed by atoms with Crippen LogP contribution in [0.3, 0.4) is 0 Å². The summed E-state index contributed by atoms with van der Waals surface area (Å²) >= 11 is 0. The van der Waals surface area contributed by atoms with E-state index >= 15 is 0 Å². The van der Waals surface area contributed by atoms with Crippen molar-refractivity contribution < 1.29 is 19.4 Å². The van der Waals surface area contributed by atoms with Crippen LogP contribution in [-0.4, -0.2) is 43.4 Å². The highest BCUT2D eigenvalue weighted by atomic mass is 16.5. The lowest BCUT2D eigenvalue weighted by atomic mass is 10.1. The predicted octanol–water partition coefficient (Wildman–Crippen LogP) is 0.431. The van der Waals surface area contributed by atoms with Crippen LogP contribution in [0.15, 0.2) is 0 Å². The van der Waals surface area contributed by atoms with Crippen LogP contribution in [-0.2, 0) is 9.53 Å². The van der Waals surface area contributed by atoms with E-state index in [9.17, 15) is 9.59 Å². The highest BCUT2D eigenvalue weighted by Crippen LogP contribution is 1.98. The quantitative estimate of drug-likeness (QED) is 0.594. The summed E-state index contributed by atoms with van der Waals surface area (Å²) in [4.78, 5) is 21.7. The van der Waals surface area contributed by atoms with Gasteiger partial charge in [-0.15, -0.1) is 0 Å².